The quantitative estimate of drug-likeness (QED) is 0.671. The van der Waals surface area contributed by atoms with E-state index in [0.717, 1.165) is 18.3 Å². The summed E-state index contributed by atoms with van der Waals surface area (Å²) in [5, 5.41) is 3.62. The van der Waals surface area contributed by atoms with Crippen LogP contribution in [0.4, 0.5) is 5.69 Å². The molecule has 0 aliphatic heterocycles. The molecule has 1 N–H and O–H groups in total. The van der Waals surface area contributed by atoms with Gasteiger partial charge < -0.3 is 10.1 Å². The molecule has 1 amide bonds. The molecule has 4 saturated carbocycles. The van der Waals surface area contributed by atoms with Gasteiger partial charge in [-0.3, -0.25) is 4.79 Å². The predicted octanol–water partition coefficient (Wildman–Crippen LogP) is 5.41. The monoisotopic (exact) mass is 411 g/mol. The molecule has 5 rings (SSSR count). The third-order valence-electron chi connectivity index (χ3n) is 6.08. The summed E-state index contributed by atoms with van der Waals surface area (Å²) < 4.78 is 5.61. The number of alkyl halides is 1. The molecule has 0 saturated heterocycles. The summed E-state index contributed by atoms with van der Waals surface area (Å²) in [5.41, 5.74) is 0.831. The molecule has 2 unspecified atom stereocenters. The first-order valence-electron chi connectivity index (χ1n) is 8.71. The van der Waals surface area contributed by atoms with Crippen molar-refractivity contribution in [2.24, 2.45) is 17.3 Å². The first-order valence-corrected chi connectivity index (χ1v) is 9.88. The standard InChI is InChI=1S/C19H23BrClNO2/c1-24-16-3-2-14(21)5-15(16)22-17(23)10-18-6-12-4-13(7-18)9-19(20,8-12)11-18/h2-3,5,12-13H,4,6-11H2,1H3,(H,22,23). The zero-order valence-corrected chi connectivity index (χ0v) is 16.3. The normalized spacial score (nSPS) is 36.6. The van der Waals surface area contributed by atoms with E-state index in [1.807, 2.05) is 0 Å². The minimum Gasteiger partial charge on any atom is -0.495 e. The summed E-state index contributed by atoms with van der Waals surface area (Å²) >= 11 is 10.1. The highest BCUT2D eigenvalue weighted by molar-refractivity contribution is 9.10. The van der Waals surface area contributed by atoms with Crippen LogP contribution in [0.5, 0.6) is 5.75 Å². The molecule has 3 nitrogen and oxygen atoms in total. The topological polar surface area (TPSA) is 38.3 Å². The van der Waals surface area contributed by atoms with E-state index < -0.39 is 0 Å². The fourth-order valence-corrected chi connectivity index (χ4v) is 7.54. The Bertz CT molecular complexity index is 663. The van der Waals surface area contributed by atoms with Crippen molar-refractivity contribution < 1.29 is 9.53 Å². The first-order chi connectivity index (χ1) is 11.4. The van der Waals surface area contributed by atoms with Gasteiger partial charge in [0.05, 0.1) is 12.8 Å². The zero-order valence-electron chi connectivity index (χ0n) is 13.9. The van der Waals surface area contributed by atoms with Crippen molar-refractivity contribution in [3.63, 3.8) is 0 Å². The van der Waals surface area contributed by atoms with E-state index in [1.165, 1.54) is 32.1 Å². The van der Waals surface area contributed by atoms with Crippen molar-refractivity contribution in [3.05, 3.63) is 23.2 Å². The van der Waals surface area contributed by atoms with E-state index in [1.54, 1.807) is 25.3 Å². The molecule has 4 fully saturated rings. The van der Waals surface area contributed by atoms with Gasteiger partial charge in [0.2, 0.25) is 5.91 Å². The second kappa shape index (κ2) is 5.91. The second-order valence-corrected chi connectivity index (χ2v) is 10.3. The summed E-state index contributed by atoms with van der Waals surface area (Å²) in [6, 6.07) is 5.31. The van der Waals surface area contributed by atoms with Crippen molar-refractivity contribution >= 4 is 39.1 Å². The van der Waals surface area contributed by atoms with Gasteiger partial charge in [-0.15, -0.1) is 0 Å². The lowest BCUT2D eigenvalue weighted by Gasteiger charge is -2.60. The van der Waals surface area contributed by atoms with Gasteiger partial charge in [0.25, 0.3) is 0 Å². The van der Waals surface area contributed by atoms with Crippen molar-refractivity contribution in [1.82, 2.24) is 0 Å². The number of methoxy groups -OCH3 is 1. The van der Waals surface area contributed by atoms with Gasteiger partial charge in [-0.1, -0.05) is 27.5 Å². The van der Waals surface area contributed by atoms with Crippen LogP contribution in [0.2, 0.25) is 5.02 Å². The van der Waals surface area contributed by atoms with Gasteiger partial charge in [-0.2, -0.15) is 0 Å². The molecule has 4 aliphatic rings. The van der Waals surface area contributed by atoms with Crippen molar-refractivity contribution in [2.75, 3.05) is 12.4 Å². The molecule has 24 heavy (non-hydrogen) atoms. The highest BCUT2D eigenvalue weighted by Crippen LogP contribution is 2.65. The van der Waals surface area contributed by atoms with E-state index >= 15 is 0 Å². The SMILES string of the molecule is COc1ccc(Cl)cc1NC(=O)CC12CC3CC(CC(Br)(C3)C1)C2. The Labute approximate surface area is 156 Å². The highest BCUT2D eigenvalue weighted by Gasteiger charge is 2.57. The van der Waals surface area contributed by atoms with Gasteiger partial charge >= 0.3 is 0 Å². The number of ether oxygens (including phenoxy) is 1. The van der Waals surface area contributed by atoms with Crippen molar-refractivity contribution in [1.29, 1.82) is 0 Å². The lowest BCUT2D eigenvalue weighted by molar-refractivity contribution is -0.123. The minimum atomic E-state index is 0.0774. The Hall–Kier alpha value is -0.740. The van der Waals surface area contributed by atoms with Crippen LogP contribution in [0.3, 0.4) is 0 Å². The van der Waals surface area contributed by atoms with Crippen LogP contribution < -0.4 is 10.1 Å². The average Bonchev–Trinajstić information content (AvgIpc) is 2.43. The summed E-state index contributed by atoms with van der Waals surface area (Å²) in [6.45, 7) is 0. The third kappa shape index (κ3) is 3.08. The molecule has 5 heteroatoms. The van der Waals surface area contributed by atoms with Crippen molar-refractivity contribution in [2.45, 2.75) is 49.3 Å². The number of hydrogen-bond donors (Lipinski definition) is 1. The lowest BCUT2D eigenvalue weighted by atomic mass is 9.48. The van der Waals surface area contributed by atoms with E-state index in [9.17, 15) is 4.79 Å². The van der Waals surface area contributed by atoms with Crippen LogP contribution in [-0.2, 0) is 4.79 Å². The number of halogens is 2. The summed E-state index contributed by atoms with van der Waals surface area (Å²) in [5.74, 6) is 2.31. The first kappa shape index (κ1) is 16.7. The molecule has 1 aromatic carbocycles. The number of nitrogens with one attached hydrogen (secondary N) is 1. The molecular formula is C19H23BrClNO2. The number of benzene rings is 1. The molecule has 1 aromatic rings. The Morgan fingerprint density at radius 2 is 2.04 bits per heavy atom. The van der Waals surface area contributed by atoms with Gasteiger partial charge in [0, 0.05) is 15.8 Å². The number of anilines is 1. The Kier molecular flexibility index (Phi) is 4.12. The van der Waals surface area contributed by atoms with Crippen LogP contribution in [0, 0.1) is 17.3 Å². The molecule has 4 aliphatic carbocycles. The van der Waals surface area contributed by atoms with E-state index in [-0.39, 0.29) is 15.6 Å². The number of rotatable bonds is 4. The van der Waals surface area contributed by atoms with Crippen LogP contribution in [0.15, 0.2) is 18.2 Å². The fraction of sp³-hybridized carbons (Fsp3) is 0.632. The summed E-state index contributed by atoms with van der Waals surface area (Å²) in [4.78, 5) is 12.8. The smallest absolute Gasteiger partial charge is 0.225 e. The van der Waals surface area contributed by atoms with E-state index in [4.69, 9.17) is 16.3 Å². The second-order valence-electron chi connectivity index (χ2n) is 8.18. The summed E-state index contributed by atoms with van der Waals surface area (Å²) in [6.07, 6.45) is 8.08. The van der Waals surface area contributed by atoms with Gasteiger partial charge in [-0.05, 0) is 74.0 Å². The molecule has 4 bridgehead atoms. The molecule has 130 valence electrons. The number of carbonyl (C=O) groups excluding carboxylic acids is 1. The van der Waals surface area contributed by atoms with Crippen LogP contribution in [0.1, 0.15) is 44.9 Å². The average molecular weight is 413 g/mol. The lowest BCUT2D eigenvalue weighted by Crippen LogP contribution is -2.53. The maximum atomic E-state index is 12.8. The molecule has 2 atom stereocenters. The molecular weight excluding hydrogens is 390 g/mol. The van der Waals surface area contributed by atoms with Crippen molar-refractivity contribution in [3.8, 4) is 5.75 Å². The number of carbonyl (C=O) groups is 1. The van der Waals surface area contributed by atoms with Gasteiger partial charge in [-0.25, -0.2) is 0 Å². The Balaban J connectivity index is 1.50. The van der Waals surface area contributed by atoms with Gasteiger partial charge in [0.1, 0.15) is 5.75 Å². The molecule has 0 radical (unpaired) electrons. The third-order valence-corrected chi connectivity index (χ3v) is 7.24. The Morgan fingerprint density at radius 3 is 2.67 bits per heavy atom. The fourth-order valence-electron chi connectivity index (χ4n) is 5.86. The van der Waals surface area contributed by atoms with E-state index in [0.29, 0.717) is 22.9 Å². The van der Waals surface area contributed by atoms with Gasteiger partial charge in [0.15, 0.2) is 0 Å². The molecule has 0 aromatic heterocycles. The van der Waals surface area contributed by atoms with Crippen LogP contribution in [-0.4, -0.2) is 17.3 Å². The maximum absolute atomic E-state index is 12.8. The highest BCUT2D eigenvalue weighted by atomic mass is 79.9. The largest absolute Gasteiger partial charge is 0.495 e. The minimum absolute atomic E-state index is 0.0774. The van der Waals surface area contributed by atoms with Crippen LogP contribution in [0.25, 0.3) is 0 Å². The molecule has 0 heterocycles. The summed E-state index contributed by atoms with van der Waals surface area (Å²) in [7, 11) is 1.60. The Morgan fingerprint density at radius 1 is 1.33 bits per heavy atom. The predicted molar refractivity (Wildman–Crippen MR) is 100 cm³/mol. The number of amides is 1. The van der Waals surface area contributed by atoms with Crippen LogP contribution >= 0.6 is 27.5 Å². The maximum Gasteiger partial charge on any atom is 0.225 e. The number of hydrogen-bond acceptors (Lipinski definition) is 2. The zero-order chi connectivity index (χ0) is 16.9. The van der Waals surface area contributed by atoms with E-state index in [2.05, 4.69) is 21.2 Å². The molecule has 0 spiro atoms.